The molecule has 0 saturated heterocycles. The van der Waals surface area contributed by atoms with E-state index >= 15 is 0 Å². The molecule has 2 aromatic heterocycles. The highest BCUT2D eigenvalue weighted by molar-refractivity contribution is 7.94. The molecule has 0 aliphatic rings. The number of halogens is 3. The van der Waals surface area contributed by atoms with Crippen LogP contribution in [0.1, 0.15) is 16.1 Å². The Hall–Kier alpha value is -3.44. The monoisotopic (exact) mass is 478 g/mol. The molecule has 0 unspecified atom stereocenters. The van der Waals surface area contributed by atoms with E-state index in [4.69, 9.17) is 0 Å². The van der Waals surface area contributed by atoms with Gasteiger partial charge in [0.05, 0.1) is 16.8 Å². The molecule has 0 bridgehead atoms. The van der Waals surface area contributed by atoms with Crippen LogP contribution in [0.25, 0.3) is 22.0 Å². The summed E-state index contributed by atoms with van der Waals surface area (Å²) in [5.41, 5.74) is -1.88. The minimum absolute atomic E-state index is 0.0199. The maximum atomic E-state index is 13.6. The maximum absolute atomic E-state index is 13.6. The zero-order valence-electron chi connectivity index (χ0n) is 15.9. The van der Waals surface area contributed by atoms with E-state index in [9.17, 15) is 31.5 Å². The summed E-state index contributed by atoms with van der Waals surface area (Å²) in [4.78, 5) is 15.7. The second-order valence-electron chi connectivity index (χ2n) is 6.64. The zero-order chi connectivity index (χ0) is 23.1. The minimum Gasteiger partial charge on any atom is -0.477 e. The van der Waals surface area contributed by atoms with Crippen LogP contribution in [0.4, 0.5) is 18.9 Å². The lowest BCUT2D eigenvalue weighted by Gasteiger charge is -2.16. The molecule has 11 heteroatoms. The van der Waals surface area contributed by atoms with Gasteiger partial charge in [0, 0.05) is 5.39 Å². The van der Waals surface area contributed by atoms with Gasteiger partial charge in [0.25, 0.3) is 10.0 Å². The first-order chi connectivity index (χ1) is 15.1. The maximum Gasteiger partial charge on any atom is 0.417 e. The van der Waals surface area contributed by atoms with Crippen molar-refractivity contribution in [2.75, 3.05) is 4.72 Å². The van der Waals surface area contributed by atoms with Gasteiger partial charge in [0.1, 0.15) is 9.90 Å². The summed E-state index contributed by atoms with van der Waals surface area (Å²) in [5.74, 6) is -1.46. The summed E-state index contributed by atoms with van der Waals surface area (Å²) in [6, 6.07) is 13.0. The topological polar surface area (TPSA) is 96.4 Å². The second-order valence-corrected chi connectivity index (χ2v) is 9.50. The third kappa shape index (κ3) is 4.04. The Kier molecular flexibility index (Phi) is 5.39. The van der Waals surface area contributed by atoms with E-state index in [-0.39, 0.29) is 31.9 Å². The van der Waals surface area contributed by atoms with Gasteiger partial charge in [0.2, 0.25) is 0 Å². The number of aromatic carboxylic acids is 1. The van der Waals surface area contributed by atoms with Crippen molar-refractivity contribution < 1.29 is 31.5 Å². The molecule has 32 heavy (non-hydrogen) atoms. The highest BCUT2D eigenvalue weighted by Gasteiger charge is 2.34. The summed E-state index contributed by atoms with van der Waals surface area (Å²) < 4.78 is 68.6. The van der Waals surface area contributed by atoms with Crippen LogP contribution in [0.2, 0.25) is 0 Å². The standard InChI is InChI=1S/C21H13F3N2O4S2/c22-21(23,24)15-7-2-1-5-12(15)14-11-17(20(27)28)25-19-13(14)6-3-8-16(19)26-32(29,30)18-9-4-10-31-18/h1-11,26H,(H,27,28). The Morgan fingerprint density at radius 1 is 1.00 bits per heavy atom. The summed E-state index contributed by atoms with van der Waals surface area (Å²) >= 11 is 0.977. The number of fused-ring (bicyclic) bond motifs is 1. The van der Waals surface area contributed by atoms with Crippen molar-refractivity contribution in [2.24, 2.45) is 0 Å². The number of anilines is 1. The highest BCUT2D eigenvalue weighted by Crippen LogP contribution is 2.40. The van der Waals surface area contributed by atoms with Crippen LogP contribution in [-0.2, 0) is 16.2 Å². The van der Waals surface area contributed by atoms with Gasteiger partial charge in [0.15, 0.2) is 0 Å². The van der Waals surface area contributed by atoms with Gasteiger partial charge in [-0.05, 0) is 40.8 Å². The van der Waals surface area contributed by atoms with Crippen LogP contribution in [0.15, 0.2) is 70.3 Å². The fourth-order valence-electron chi connectivity index (χ4n) is 3.24. The van der Waals surface area contributed by atoms with E-state index in [0.717, 1.165) is 23.5 Å². The summed E-state index contributed by atoms with van der Waals surface area (Å²) in [6.07, 6.45) is -4.69. The molecule has 0 radical (unpaired) electrons. The van der Waals surface area contributed by atoms with Crippen LogP contribution < -0.4 is 4.72 Å². The van der Waals surface area contributed by atoms with Crippen molar-refractivity contribution in [3.05, 3.63) is 77.3 Å². The van der Waals surface area contributed by atoms with E-state index in [1.54, 1.807) is 11.4 Å². The molecular formula is C21H13F3N2O4S2. The normalized spacial score (nSPS) is 12.1. The Morgan fingerprint density at radius 2 is 1.75 bits per heavy atom. The SMILES string of the molecule is O=C(O)c1cc(-c2ccccc2C(F)(F)F)c2cccc(NS(=O)(=O)c3cccs3)c2n1. The lowest BCUT2D eigenvalue weighted by atomic mass is 9.95. The van der Waals surface area contributed by atoms with Crippen LogP contribution in [0, 0.1) is 0 Å². The number of carbonyl (C=O) groups is 1. The van der Waals surface area contributed by atoms with Crippen LogP contribution in [-0.4, -0.2) is 24.5 Å². The molecule has 0 fully saturated rings. The third-order valence-electron chi connectivity index (χ3n) is 4.59. The van der Waals surface area contributed by atoms with Gasteiger partial charge >= 0.3 is 12.1 Å². The molecule has 2 aromatic carbocycles. The van der Waals surface area contributed by atoms with E-state index in [1.807, 2.05) is 0 Å². The fourth-order valence-corrected chi connectivity index (χ4v) is 5.30. The van der Waals surface area contributed by atoms with E-state index < -0.39 is 33.4 Å². The molecule has 0 atom stereocenters. The number of pyridine rings is 1. The highest BCUT2D eigenvalue weighted by atomic mass is 32.2. The number of para-hydroxylation sites is 1. The van der Waals surface area contributed by atoms with E-state index in [2.05, 4.69) is 9.71 Å². The quantitative estimate of drug-likeness (QED) is 0.396. The number of sulfonamides is 1. The molecule has 6 nitrogen and oxygen atoms in total. The molecule has 0 aliphatic heterocycles. The number of hydrogen-bond acceptors (Lipinski definition) is 5. The van der Waals surface area contributed by atoms with Crippen LogP contribution >= 0.6 is 11.3 Å². The average molecular weight is 478 g/mol. The van der Waals surface area contributed by atoms with Gasteiger partial charge in [-0.3, -0.25) is 4.72 Å². The number of nitrogens with zero attached hydrogens (tertiary/aromatic N) is 1. The van der Waals surface area contributed by atoms with Crippen molar-refractivity contribution >= 4 is 43.9 Å². The number of aromatic nitrogens is 1. The van der Waals surface area contributed by atoms with Crippen LogP contribution in [0.5, 0.6) is 0 Å². The minimum atomic E-state index is -4.69. The molecule has 4 aromatic rings. The first-order valence-electron chi connectivity index (χ1n) is 8.98. The van der Waals surface area contributed by atoms with Gasteiger partial charge in [-0.15, -0.1) is 11.3 Å². The molecule has 4 rings (SSSR count). The number of carboxylic acid groups (broad SMARTS) is 1. The number of carboxylic acids is 1. The lowest BCUT2D eigenvalue weighted by molar-refractivity contribution is -0.137. The fraction of sp³-hybridized carbons (Fsp3) is 0.0476. The van der Waals surface area contributed by atoms with Crippen molar-refractivity contribution in [2.45, 2.75) is 10.4 Å². The number of thiophene rings is 1. The van der Waals surface area contributed by atoms with E-state index in [1.165, 1.54) is 42.5 Å². The first-order valence-corrected chi connectivity index (χ1v) is 11.3. The summed E-state index contributed by atoms with van der Waals surface area (Å²) in [7, 11) is -4.00. The Balaban J connectivity index is 1.99. The Labute approximate surface area is 184 Å². The van der Waals surface area contributed by atoms with Gasteiger partial charge in [-0.1, -0.05) is 36.4 Å². The van der Waals surface area contributed by atoms with Crippen molar-refractivity contribution in [1.82, 2.24) is 4.98 Å². The molecule has 0 aliphatic carbocycles. The van der Waals surface area contributed by atoms with Gasteiger partial charge < -0.3 is 5.11 Å². The molecule has 0 amide bonds. The average Bonchev–Trinajstić information content (AvgIpc) is 3.28. The molecule has 0 spiro atoms. The predicted octanol–water partition coefficient (Wildman–Crippen LogP) is 5.48. The van der Waals surface area contributed by atoms with Crippen molar-refractivity contribution in [3.8, 4) is 11.1 Å². The largest absolute Gasteiger partial charge is 0.477 e. The number of nitrogens with one attached hydrogen (secondary N) is 1. The molecule has 2 heterocycles. The van der Waals surface area contributed by atoms with E-state index in [0.29, 0.717) is 0 Å². The number of hydrogen-bond donors (Lipinski definition) is 2. The number of alkyl halides is 3. The van der Waals surface area contributed by atoms with Gasteiger partial charge in [-0.2, -0.15) is 13.2 Å². The molecular weight excluding hydrogens is 465 g/mol. The predicted molar refractivity (Wildman–Crippen MR) is 114 cm³/mol. The second kappa shape index (κ2) is 7.92. The summed E-state index contributed by atoms with van der Waals surface area (Å²) in [6.45, 7) is 0. The van der Waals surface area contributed by atoms with Gasteiger partial charge in [-0.25, -0.2) is 18.2 Å². The zero-order valence-corrected chi connectivity index (χ0v) is 17.6. The van der Waals surface area contributed by atoms with Crippen molar-refractivity contribution in [3.63, 3.8) is 0 Å². The third-order valence-corrected chi connectivity index (χ3v) is 7.35. The molecule has 0 saturated carbocycles. The Bertz CT molecular complexity index is 1430. The smallest absolute Gasteiger partial charge is 0.417 e. The number of rotatable bonds is 5. The number of benzene rings is 2. The summed E-state index contributed by atoms with van der Waals surface area (Å²) in [5, 5.41) is 11.2. The lowest BCUT2D eigenvalue weighted by Crippen LogP contribution is -2.13. The Morgan fingerprint density at radius 3 is 2.41 bits per heavy atom. The van der Waals surface area contributed by atoms with Crippen molar-refractivity contribution in [1.29, 1.82) is 0 Å². The van der Waals surface area contributed by atoms with Crippen LogP contribution in [0.3, 0.4) is 0 Å². The molecule has 2 N–H and O–H groups in total. The molecule has 164 valence electrons. The first kappa shape index (κ1) is 21.8.